The molecular formula is C14H19N3O2. The molecule has 1 atom stereocenters. The Labute approximate surface area is 112 Å². The van der Waals surface area contributed by atoms with Crippen molar-refractivity contribution in [2.45, 2.75) is 33.3 Å². The number of aromatic nitrogens is 2. The lowest BCUT2D eigenvalue weighted by Crippen LogP contribution is -2.04. The molecule has 0 amide bonds. The van der Waals surface area contributed by atoms with E-state index in [0.717, 1.165) is 17.5 Å². The number of hydrogen-bond acceptors (Lipinski definition) is 5. The molecule has 5 nitrogen and oxygen atoms in total. The Morgan fingerprint density at radius 2 is 2.16 bits per heavy atom. The smallest absolute Gasteiger partial charge is 0.258 e. The van der Waals surface area contributed by atoms with Gasteiger partial charge < -0.3 is 15.0 Å². The van der Waals surface area contributed by atoms with E-state index in [2.05, 4.69) is 10.1 Å². The zero-order valence-corrected chi connectivity index (χ0v) is 11.5. The van der Waals surface area contributed by atoms with E-state index in [1.807, 2.05) is 39.0 Å². The minimum Gasteiger partial charge on any atom is -0.398 e. The predicted molar refractivity (Wildman–Crippen MR) is 73.5 cm³/mol. The van der Waals surface area contributed by atoms with Gasteiger partial charge >= 0.3 is 0 Å². The number of nitrogens with zero attached hydrogens (tertiary/aromatic N) is 2. The van der Waals surface area contributed by atoms with Crippen LogP contribution in [0.15, 0.2) is 22.7 Å². The maximum atomic E-state index is 5.88. The Morgan fingerprint density at radius 1 is 1.37 bits per heavy atom. The molecular weight excluding hydrogens is 242 g/mol. The Morgan fingerprint density at radius 3 is 2.79 bits per heavy atom. The third kappa shape index (κ3) is 2.93. The third-order valence-electron chi connectivity index (χ3n) is 2.99. The zero-order chi connectivity index (χ0) is 13.8. The first-order valence-electron chi connectivity index (χ1n) is 6.47. The van der Waals surface area contributed by atoms with E-state index in [4.69, 9.17) is 15.0 Å². The van der Waals surface area contributed by atoms with Crippen LogP contribution >= 0.6 is 0 Å². The SMILES string of the molecule is CCOC(CC)c1noc(-c2ccc(C)c(N)c2)n1. The lowest BCUT2D eigenvalue weighted by Gasteiger charge is -2.09. The molecule has 0 spiro atoms. The fraction of sp³-hybridized carbons (Fsp3) is 0.429. The molecule has 0 saturated heterocycles. The topological polar surface area (TPSA) is 74.2 Å². The number of rotatable bonds is 5. The van der Waals surface area contributed by atoms with Crippen LogP contribution in [0.3, 0.4) is 0 Å². The van der Waals surface area contributed by atoms with Gasteiger partial charge in [0.05, 0.1) is 0 Å². The molecule has 0 radical (unpaired) electrons. The number of nitrogens with two attached hydrogens (primary N) is 1. The van der Waals surface area contributed by atoms with Crippen molar-refractivity contribution in [3.63, 3.8) is 0 Å². The van der Waals surface area contributed by atoms with Crippen molar-refractivity contribution in [1.82, 2.24) is 10.1 Å². The van der Waals surface area contributed by atoms with Gasteiger partial charge in [-0.05, 0) is 38.0 Å². The van der Waals surface area contributed by atoms with Crippen molar-refractivity contribution >= 4 is 5.69 Å². The van der Waals surface area contributed by atoms with Gasteiger partial charge in [0.2, 0.25) is 5.82 Å². The highest BCUT2D eigenvalue weighted by Gasteiger charge is 2.17. The lowest BCUT2D eigenvalue weighted by molar-refractivity contribution is 0.0518. The summed E-state index contributed by atoms with van der Waals surface area (Å²) in [4.78, 5) is 4.38. The summed E-state index contributed by atoms with van der Waals surface area (Å²) >= 11 is 0. The molecule has 5 heteroatoms. The van der Waals surface area contributed by atoms with Crippen molar-refractivity contribution in [2.24, 2.45) is 0 Å². The summed E-state index contributed by atoms with van der Waals surface area (Å²) in [5.41, 5.74) is 8.46. The van der Waals surface area contributed by atoms with Crippen LogP contribution in [0.4, 0.5) is 5.69 Å². The largest absolute Gasteiger partial charge is 0.398 e. The molecule has 2 N–H and O–H groups in total. The Kier molecular flexibility index (Phi) is 4.16. The molecule has 0 saturated carbocycles. The van der Waals surface area contributed by atoms with E-state index in [1.54, 1.807) is 0 Å². The van der Waals surface area contributed by atoms with E-state index in [0.29, 0.717) is 24.0 Å². The van der Waals surface area contributed by atoms with E-state index in [9.17, 15) is 0 Å². The maximum Gasteiger partial charge on any atom is 0.258 e. The predicted octanol–water partition coefficient (Wildman–Crippen LogP) is 3.11. The fourth-order valence-corrected chi connectivity index (χ4v) is 1.83. The molecule has 19 heavy (non-hydrogen) atoms. The summed E-state index contributed by atoms with van der Waals surface area (Å²) in [6.45, 7) is 6.56. The standard InChI is InChI=1S/C14H19N3O2/c1-4-12(18-5-2)13-16-14(19-17-13)10-7-6-9(3)11(15)8-10/h6-8,12H,4-5,15H2,1-3H3. The Balaban J connectivity index is 2.27. The van der Waals surface area contributed by atoms with Crippen LogP contribution in [-0.4, -0.2) is 16.7 Å². The Bertz CT molecular complexity index is 551. The van der Waals surface area contributed by atoms with Gasteiger partial charge in [0.15, 0.2) is 0 Å². The van der Waals surface area contributed by atoms with Crippen LogP contribution < -0.4 is 5.73 Å². The van der Waals surface area contributed by atoms with Gasteiger partial charge in [0.25, 0.3) is 5.89 Å². The molecule has 0 aliphatic heterocycles. The van der Waals surface area contributed by atoms with Gasteiger partial charge in [0, 0.05) is 17.9 Å². The van der Waals surface area contributed by atoms with Gasteiger partial charge in [-0.1, -0.05) is 18.1 Å². The summed E-state index contributed by atoms with van der Waals surface area (Å²) in [6, 6.07) is 5.70. The first-order chi connectivity index (χ1) is 9.15. The fourth-order valence-electron chi connectivity index (χ4n) is 1.83. The highest BCUT2D eigenvalue weighted by atomic mass is 16.5. The summed E-state index contributed by atoms with van der Waals surface area (Å²) in [5.74, 6) is 1.05. The molecule has 1 heterocycles. The molecule has 1 aromatic carbocycles. The Hall–Kier alpha value is -1.88. The lowest BCUT2D eigenvalue weighted by atomic mass is 10.1. The molecule has 1 unspecified atom stereocenters. The zero-order valence-electron chi connectivity index (χ0n) is 11.5. The highest BCUT2D eigenvalue weighted by Crippen LogP contribution is 2.25. The number of nitrogen functional groups attached to an aromatic ring is 1. The van der Waals surface area contributed by atoms with Crippen LogP contribution in [-0.2, 0) is 4.74 Å². The van der Waals surface area contributed by atoms with E-state index in [1.165, 1.54) is 0 Å². The number of ether oxygens (including phenoxy) is 1. The number of hydrogen-bond donors (Lipinski definition) is 1. The molecule has 2 rings (SSSR count). The molecule has 102 valence electrons. The van der Waals surface area contributed by atoms with E-state index in [-0.39, 0.29) is 6.10 Å². The van der Waals surface area contributed by atoms with Gasteiger partial charge in [-0.25, -0.2) is 0 Å². The normalized spacial score (nSPS) is 12.6. The second-order valence-corrected chi connectivity index (χ2v) is 4.38. The highest BCUT2D eigenvalue weighted by molar-refractivity contribution is 5.62. The summed E-state index contributed by atoms with van der Waals surface area (Å²) < 4.78 is 10.8. The molecule has 1 aromatic heterocycles. The molecule has 0 aliphatic rings. The van der Waals surface area contributed by atoms with Crippen molar-refractivity contribution in [3.8, 4) is 11.5 Å². The van der Waals surface area contributed by atoms with Crippen molar-refractivity contribution < 1.29 is 9.26 Å². The molecule has 2 aromatic rings. The van der Waals surface area contributed by atoms with Crippen LogP contribution in [0, 0.1) is 6.92 Å². The maximum absolute atomic E-state index is 5.88. The van der Waals surface area contributed by atoms with Crippen LogP contribution in [0.5, 0.6) is 0 Å². The van der Waals surface area contributed by atoms with Crippen LogP contribution in [0.2, 0.25) is 0 Å². The van der Waals surface area contributed by atoms with Gasteiger partial charge in [-0.3, -0.25) is 0 Å². The second-order valence-electron chi connectivity index (χ2n) is 4.38. The number of aryl methyl sites for hydroxylation is 1. The average molecular weight is 261 g/mol. The van der Waals surface area contributed by atoms with Gasteiger partial charge in [0.1, 0.15) is 6.10 Å². The number of anilines is 1. The average Bonchev–Trinajstić information content (AvgIpc) is 2.88. The molecule has 0 aliphatic carbocycles. The third-order valence-corrected chi connectivity index (χ3v) is 2.99. The van der Waals surface area contributed by atoms with Crippen molar-refractivity contribution in [1.29, 1.82) is 0 Å². The summed E-state index contributed by atoms with van der Waals surface area (Å²) in [5, 5.41) is 3.98. The van der Waals surface area contributed by atoms with Gasteiger partial charge in [-0.2, -0.15) is 4.98 Å². The van der Waals surface area contributed by atoms with Crippen molar-refractivity contribution in [3.05, 3.63) is 29.6 Å². The molecule has 0 bridgehead atoms. The summed E-state index contributed by atoms with van der Waals surface area (Å²) in [6.07, 6.45) is 0.688. The minimum atomic E-state index is -0.120. The van der Waals surface area contributed by atoms with E-state index < -0.39 is 0 Å². The minimum absolute atomic E-state index is 0.120. The van der Waals surface area contributed by atoms with Crippen molar-refractivity contribution in [2.75, 3.05) is 12.3 Å². The first-order valence-corrected chi connectivity index (χ1v) is 6.47. The molecule has 0 fully saturated rings. The van der Waals surface area contributed by atoms with Crippen LogP contribution in [0.1, 0.15) is 37.8 Å². The number of benzene rings is 1. The van der Waals surface area contributed by atoms with E-state index >= 15 is 0 Å². The quantitative estimate of drug-likeness (QED) is 0.837. The second kappa shape index (κ2) is 5.84. The first kappa shape index (κ1) is 13.5. The summed E-state index contributed by atoms with van der Waals surface area (Å²) in [7, 11) is 0. The van der Waals surface area contributed by atoms with Gasteiger partial charge in [-0.15, -0.1) is 0 Å². The van der Waals surface area contributed by atoms with Crippen LogP contribution in [0.25, 0.3) is 11.5 Å². The monoisotopic (exact) mass is 261 g/mol.